The van der Waals surface area contributed by atoms with Gasteiger partial charge in [-0.1, -0.05) is 54.1 Å². The van der Waals surface area contributed by atoms with Crippen molar-refractivity contribution in [2.24, 2.45) is 0 Å². The van der Waals surface area contributed by atoms with Crippen molar-refractivity contribution in [2.45, 2.75) is 31.9 Å². The molecule has 1 aliphatic carbocycles. The van der Waals surface area contributed by atoms with Crippen LogP contribution in [0, 0.1) is 0 Å². The Morgan fingerprint density at radius 3 is 2.35 bits per heavy atom. The molecule has 3 aromatic rings. The largest absolute Gasteiger partial charge is 0.478 e. The lowest BCUT2D eigenvalue weighted by Crippen LogP contribution is -2.40. The summed E-state index contributed by atoms with van der Waals surface area (Å²) in [7, 11) is 0. The maximum atomic E-state index is 13.3. The van der Waals surface area contributed by atoms with Crippen LogP contribution in [0.25, 0.3) is 17.2 Å². The summed E-state index contributed by atoms with van der Waals surface area (Å²) in [5.74, 6) is -1.01. The van der Waals surface area contributed by atoms with Crippen LogP contribution in [0.4, 0.5) is 17.6 Å². The number of halogens is 5. The lowest BCUT2D eigenvalue weighted by atomic mass is 9.86. The first-order valence-corrected chi connectivity index (χ1v) is 13.6. The Hall–Kier alpha value is -3.42. The quantitative estimate of drug-likeness (QED) is 0.290. The van der Waals surface area contributed by atoms with E-state index >= 15 is 0 Å². The third-order valence-corrected chi connectivity index (χ3v) is 7.76. The molecule has 1 N–H and O–H groups in total. The number of aromatic carboxylic acids is 1. The summed E-state index contributed by atoms with van der Waals surface area (Å²) in [4.78, 5) is 13.8. The van der Waals surface area contributed by atoms with Crippen molar-refractivity contribution >= 4 is 34.8 Å². The van der Waals surface area contributed by atoms with Gasteiger partial charge in [0.2, 0.25) is 0 Å². The third kappa shape index (κ3) is 6.01. The van der Waals surface area contributed by atoms with Crippen molar-refractivity contribution in [3.05, 3.63) is 110 Å². The van der Waals surface area contributed by atoms with Crippen LogP contribution in [0.15, 0.2) is 66.2 Å². The number of nitrogens with zero attached hydrogens (tertiary/aromatic N) is 1. The van der Waals surface area contributed by atoms with Gasteiger partial charge in [0.1, 0.15) is 0 Å². The van der Waals surface area contributed by atoms with E-state index in [1.54, 1.807) is 18.2 Å². The maximum absolute atomic E-state index is 13.3. The number of hydrogen-bond donors (Lipinski definition) is 1. The molecule has 3 nitrogen and oxygen atoms in total. The first kappa shape index (κ1) is 28.1. The molecular formula is C32H28ClF4NO2. The number of benzene rings is 3. The number of alkyl halides is 4. The molecule has 0 amide bonds. The Bertz CT molecular complexity index is 1480. The monoisotopic (exact) mass is 569 g/mol. The maximum Gasteiger partial charge on any atom is 0.416 e. The van der Waals surface area contributed by atoms with Gasteiger partial charge in [0.05, 0.1) is 17.8 Å². The smallest absolute Gasteiger partial charge is 0.416 e. The van der Waals surface area contributed by atoms with Crippen molar-refractivity contribution in [2.75, 3.05) is 26.3 Å². The molecule has 208 valence electrons. The van der Waals surface area contributed by atoms with E-state index < -0.39 is 17.7 Å². The highest BCUT2D eigenvalue weighted by atomic mass is 35.5. The Balaban J connectivity index is 1.57. The van der Waals surface area contributed by atoms with E-state index in [9.17, 15) is 27.5 Å². The van der Waals surface area contributed by atoms with Gasteiger partial charge in [-0.05, 0) is 94.5 Å². The van der Waals surface area contributed by atoms with Crippen molar-refractivity contribution < 1.29 is 27.5 Å². The first-order valence-electron chi connectivity index (χ1n) is 13.2. The molecule has 0 unspecified atom stereocenters. The molecule has 0 radical (unpaired) electrons. The summed E-state index contributed by atoms with van der Waals surface area (Å²) in [6.07, 6.45) is 0.0472. The number of hydrogen-bond acceptors (Lipinski definition) is 2. The summed E-state index contributed by atoms with van der Waals surface area (Å²) in [5.41, 5.74) is 6.48. The predicted octanol–water partition coefficient (Wildman–Crippen LogP) is 8.41. The number of fused-ring (bicyclic) bond motifs is 1. The van der Waals surface area contributed by atoms with Gasteiger partial charge >= 0.3 is 12.1 Å². The molecule has 0 saturated carbocycles. The molecule has 1 heterocycles. The van der Waals surface area contributed by atoms with Gasteiger partial charge in [-0.3, -0.25) is 9.29 Å². The zero-order valence-electron chi connectivity index (χ0n) is 21.7. The molecule has 2 aliphatic rings. The fourth-order valence-corrected chi connectivity index (χ4v) is 5.79. The molecule has 3 aromatic carbocycles. The molecule has 0 aromatic heterocycles. The van der Waals surface area contributed by atoms with Gasteiger partial charge in [0, 0.05) is 24.7 Å². The third-order valence-electron chi connectivity index (χ3n) is 7.45. The molecule has 1 aliphatic heterocycles. The van der Waals surface area contributed by atoms with Crippen LogP contribution in [0.5, 0.6) is 0 Å². The summed E-state index contributed by atoms with van der Waals surface area (Å²) < 4.78 is 52.4. The summed E-state index contributed by atoms with van der Waals surface area (Å²) in [6, 6.07) is 16.4. The van der Waals surface area contributed by atoms with Crippen molar-refractivity contribution in [1.29, 1.82) is 0 Å². The second-order valence-electron chi connectivity index (χ2n) is 10.3. The lowest BCUT2D eigenvalue weighted by Gasteiger charge is -2.33. The minimum atomic E-state index is -4.50. The van der Waals surface area contributed by atoms with E-state index in [2.05, 4.69) is 11.0 Å². The SMILES string of the molecule is O=C(O)c1ccc2c(c1)CCCC(c1ccc(C(F)(F)F)cc1Cl)=C2c1ccc(C=C2CN(CCCF)C2)cc1. The Labute approximate surface area is 235 Å². The van der Waals surface area contributed by atoms with Gasteiger partial charge in [0.15, 0.2) is 0 Å². The molecule has 1 fully saturated rings. The average Bonchev–Trinajstić information content (AvgIpc) is 3.08. The van der Waals surface area contributed by atoms with Gasteiger partial charge in [-0.15, -0.1) is 0 Å². The molecular weight excluding hydrogens is 542 g/mol. The standard InChI is InChI=1S/C32H28ClF4NO2/c33-29-17-25(32(35,36)37)10-12-27(29)28-4-1-3-23-16-24(31(39)40)9-11-26(23)30(28)22-7-5-20(6-8-22)15-21-18-38(19-21)14-2-13-34/h5-12,15-17H,1-4,13-14,18-19H2,(H,39,40). The summed E-state index contributed by atoms with van der Waals surface area (Å²) >= 11 is 6.47. The van der Waals surface area contributed by atoms with Gasteiger partial charge in [-0.2, -0.15) is 13.2 Å². The van der Waals surface area contributed by atoms with Crippen molar-refractivity contribution in [3.63, 3.8) is 0 Å². The van der Waals surface area contributed by atoms with E-state index in [1.807, 2.05) is 24.3 Å². The van der Waals surface area contributed by atoms with E-state index in [0.29, 0.717) is 31.2 Å². The highest BCUT2D eigenvalue weighted by molar-refractivity contribution is 6.33. The average molecular weight is 570 g/mol. The number of allylic oxidation sites excluding steroid dienone is 1. The first-order chi connectivity index (χ1) is 19.1. The number of likely N-dealkylation sites (tertiary alicyclic amines) is 1. The normalized spacial score (nSPS) is 15.9. The van der Waals surface area contributed by atoms with E-state index in [0.717, 1.165) is 65.2 Å². The fraction of sp³-hybridized carbons (Fsp3) is 0.281. The van der Waals surface area contributed by atoms with Crippen LogP contribution in [0.2, 0.25) is 5.02 Å². The second kappa shape index (κ2) is 11.6. The number of carboxylic acid groups (broad SMARTS) is 1. The number of carbonyl (C=O) groups is 1. The number of aryl methyl sites for hydroxylation is 1. The van der Waals surface area contributed by atoms with Gasteiger partial charge in [0.25, 0.3) is 0 Å². The number of rotatable bonds is 7. The van der Waals surface area contributed by atoms with E-state index in [1.165, 1.54) is 11.6 Å². The van der Waals surface area contributed by atoms with Crippen LogP contribution in [0.1, 0.15) is 63.0 Å². The van der Waals surface area contributed by atoms with E-state index in [4.69, 9.17) is 11.6 Å². The molecule has 5 rings (SSSR count). The zero-order chi connectivity index (χ0) is 28.4. The van der Waals surface area contributed by atoms with Crippen molar-refractivity contribution in [3.8, 4) is 0 Å². The Morgan fingerprint density at radius 2 is 1.70 bits per heavy atom. The Morgan fingerprint density at radius 1 is 0.975 bits per heavy atom. The predicted molar refractivity (Wildman–Crippen MR) is 150 cm³/mol. The van der Waals surface area contributed by atoms with Crippen LogP contribution >= 0.6 is 11.6 Å². The van der Waals surface area contributed by atoms with E-state index in [-0.39, 0.29) is 17.3 Å². The Kier molecular flexibility index (Phi) is 8.15. The topological polar surface area (TPSA) is 40.5 Å². The number of carboxylic acids is 1. The second-order valence-corrected chi connectivity index (χ2v) is 10.7. The minimum Gasteiger partial charge on any atom is -0.478 e. The van der Waals surface area contributed by atoms with Gasteiger partial charge < -0.3 is 5.11 Å². The molecule has 0 atom stereocenters. The minimum absolute atomic E-state index is 0.0246. The van der Waals surface area contributed by atoms with Crippen LogP contribution < -0.4 is 0 Å². The van der Waals surface area contributed by atoms with Crippen LogP contribution in [-0.2, 0) is 12.6 Å². The highest BCUT2D eigenvalue weighted by Crippen LogP contribution is 2.43. The molecule has 40 heavy (non-hydrogen) atoms. The van der Waals surface area contributed by atoms with Gasteiger partial charge in [-0.25, -0.2) is 4.79 Å². The van der Waals surface area contributed by atoms with Crippen LogP contribution in [-0.4, -0.2) is 42.3 Å². The summed E-state index contributed by atoms with van der Waals surface area (Å²) in [6.45, 7) is 2.08. The fourth-order valence-electron chi connectivity index (χ4n) is 5.50. The lowest BCUT2D eigenvalue weighted by molar-refractivity contribution is -0.137. The van der Waals surface area contributed by atoms with Crippen molar-refractivity contribution in [1.82, 2.24) is 4.90 Å². The molecule has 1 saturated heterocycles. The molecule has 0 bridgehead atoms. The zero-order valence-corrected chi connectivity index (χ0v) is 22.5. The highest BCUT2D eigenvalue weighted by Gasteiger charge is 2.31. The van der Waals surface area contributed by atoms with Crippen LogP contribution in [0.3, 0.4) is 0 Å². The molecule has 0 spiro atoms. The molecule has 8 heteroatoms. The summed E-state index contributed by atoms with van der Waals surface area (Å²) in [5, 5.41) is 9.56.